The largest absolute Gasteiger partial charge is 0.307 e. The summed E-state index contributed by atoms with van der Waals surface area (Å²) in [5, 5.41) is 0. The Labute approximate surface area is 98.3 Å². The van der Waals surface area contributed by atoms with Crippen molar-refractivity contribution in [2.45, 2.75) is 20.3 Å². The topological polar surface area (TPSA) is 45.8 Å². The van der Waals surface area contributed by atoms with E-state index in [4.69, 9.17) is 0 Å². The molecule has 0 spiro atoms. The molecular formula is C13H13FN2O. The minimum atomic E-state index is -0.329. The van der Waals surface area contributed by atoms with Crippen LogP contribution in [-0.2, 0) is 6.42 Å². The van der Waals surface area contributed by atoms with Crippen molar-refractivity contribution in [2.75, 3.05) is 0 Å². The van der Waals surface area contributed by atoms with Crippen molar-refractivity contribution in [3.8, 4) is 11.4 Å². The smallest absolute Gasteiger partial charge is 0.251 e. The molecule has 1 aromatic carbocycles. The quantitative estimate of drug-likeness (QED) is 0.864. The summed E-state index contributed by atoms with van der Waals surface area (Å²) >= 11 is 0. The second-order valence-electron chi connectivity index (χ2n) is 3.96. The van der Waals surface area contributed by atoms with Gasteiger partial charge in [0.2, 0.25) is 0 Å². The monoisotopic (exact) mass is 232 g/mol. The molecule has 3 nitrogen and oxygen atoms in total. The Hall–Kier alpha value is -1.97. The molecule has 1 aromatic heterocycles. The highest BCUT2D eigenvalue weighted by Crippen LogP contribution is 2.17. The minimum Gasteiger partial charge on any atom is -0.307 e. The van der Waals surface area contributed by atoms with Crippen LogP contribution in [0.15, 0.2) is 29.1 Å². The second-order valence-corrected chi connectivity index (χ2v) is 3.96. The number of halogens is 1. The van der Waals surface area contributed by atoms with E-state index < -0.39 is 0 Å². The lowest BCUT2D eigenvalue weighted by atomic mass is 10.1. The number of hydrogen-bond donors (Lipinski definition) is 1. The molecule has 0 bridgehead atoms. The average molecular weight is 232 g/mol. The van der Waals surface area contributed by atoms with Crippen LogP contribution in [0.1, 0.15) is 18.2 Å². The van der Waals surface area contributed by atoms with Crippen LogP contribution >= 0.6 is 0 Å². The SMILES string of the molecule is CCc1cc(=O)[nH]c(-c2cc(C)cc(F)c2)n1. The Morgan fingerprint density at radius 2 is 2.06 bits per heavy atom. The number of nitrogens with one attached hydrogen (secondary N) is 1. The molecule has 2 aromatic rings. The zero-order valence-electron chi connectivity index (χ0n) is 9.75. The fraction of sp³-hybridized carbons (Fsp3) is 0.231. The van der Waals surface area contributed by atoms with E-state index in [0.29, 0.717) is 23.5 Å². The highest BCUT2D eigenvalue weighted by Gasteiger charge is 2.05. The van der Waals surface area contributed by atoms with Crippen LogP contribution < -0.4 is 5.56 Å². The van der Waals surface area contributed by atoms with Gasteiger partial charge >= 0.3 is 0 Å². The van der Waals surface area contributed by atoms with E-state index in [9.17, 15) is 9.18 Å². The fourth-order valence-corrected chi connectivity index (χ4v) is 1.70. The minimum absolute atomic E-state index is 0.214. The van der Waals surface area contributed by atoms with Gasteiger partial charge in [0.1, 0.15) is 11.6 Å². The maximum absolute atomic E-state index is 13.3. The molecule has 2 rings (SSSR count). The molecule has 0 amide bonds. The number of H-pyrrole nitrogens is 1. The molecule has 1 heterocycles. The van der Waals surface area contributed by atoms with Crippen molar-refractivity contribution in [2.24, 2.45) is 0 Å². The van der Waals surface area contributed by atoms with Gasteiger partial charge in [-0.05, 0) is 37.1 Å². The molecule has 1 N–H and O–H groups in total. The summed E-state index contributed by atoms with van der Waals surface area (Å²) in [6.07, 6.45) is 0.672. The van der Waals surface area contributed by atoms with Gasteiger partial charge in [0.15, 0.2) is 0 Å². The highest BCUT2D eigenvalue weighted by molar-refractivity contribution is 5.56. The third-order valence-corrected chi connectivity index (χ3v) is 2.47. The van der Waals surface area contributed by atoms with E-state index in [-0.39, 0.29) is 11.4 Å². The van der Waals surface area contributed by atoms with Crippen molar-refractivity contribution in [3.05, 3.63) is 51.7 Å². The van der Waals surface area contributed by atoms with E-state index in [1.807, 2.05) is 6.92 Å². The van der Waals surface area contributed by atoms with Crippen LogP contribution in [0.3, 0.4) is 0 Å². The summed E-state index contributed by atoms with van der Waals surface area (Å²) in [6, 6.07) is 6.05. The normalized spacial score (nSPS) is 10.5. The van der Waals surface area contributed by atoms with E-state index in [2.05, 4.69) is 9.97 Å². The summed E-state index contributed by atoms with van der Waals surface area (Å²) < 4.78 is 13.3. The third-order valence-electron chi connectivity index (χ3n) is 2.47. The molecule has 88 valence electrons. The fourth-order valence-electron chi connectivity index (χ4n) is 1.70. The Morgan fingerprint density at radius 3 is 2.71 bits per heavy atom. The van der Waals surface area contributed by atoms with E-state index in [1.165, 1.54) is 18.2 Å². The van der Waals surface area contributed by atoms with Crippen molar-refractivity contribution in [3.63, 3.8) is 0 Å². The first-order valence-electron chi connectivity index (χ1n) is 5.46. The Morgan fingerprint density at radius 1 is 1.29 bits per heavy atom. The van der Waals surface area contributed by atoms with Crippen LogP contribution in [0, 0.1) is 12.7 Å². The molecule has 0 aliphatic heterocycles. The standard InChI is InChI=1S/C13H13FN2O/c1-3-11-7-12(17)16-13(15-11)9-4-8(2)5-10(14)6-9/h4-7H,3H2,1-2H3,(H,15,16,17). The molecule has 0 aliphatic rings. The van der Waals surface area contributed by atoms with E-state index in [1.54, 1.807) is 13.0 Å². The van der Waals surface area contributed by atoms with Gasteiger partial charge in [-0.1, -0.05) is 6.92 Å². The summed E-state index contributed by atoms with van der Waals surface area (Å²) in [5.74, 6) is 0.0847. The molecule has 0 unspecified atom stereocenters. The van der Waals surface area contributed by atoms with Crippen LogP contribution in [0.4, 0.5) is 4.39 Å². The number of rotatable bonds is 2. The highest BCUT2D eigenvalue weighted by atomic mass is 19.1. The molecule has 0 atom stereocenters. The van der Waals surface area contributed by atoms with Crippen LogP contribution in [0.5, 0.6) is 0 Å². The molecule has 0 saturated heterocycles. The maximum atomic E-state index is 13.3. The maximum Gasteiger partial charge on any atom is 0.251 e. The molecule has 4 heteroatoms. The van der Waals surface area contributed by atoms with Gasteiger partial charge in [-0.15, -0.1) is 0 Å². The number of aromatic nitrogens is 2. The van der Waals surface area contributed by atoms with Gasteiger partial charge in [-0.3, -0.25) is 4.79 Å². The van der Waals surface area contributed by atoms with Crippen LogP contribution in [0.25, 0.3) is 11.4 Å². The predicted octanol–water partition coefficient (Wildman–Crippen LogP) is 2.45. The summed E-state index contributed by atoms with van der Waals surface area (Å²) in [6.45, 7) is 3.72. The zero-order chi connectivity index (χ0) is 12.4. The van der Waals surface area contributed by atoms with Gasteiger partial charge in [-0.2, -0.15) is 0 Å². The lowest BCUT2D eigenvalue weighted by Gasteiger charge is -2.04. The van der Waals surface area contributed by atoms with Crippen molar-refractivity contribution < 1.29 is 4.39 Å². The average Bonchev–Trinajstić information content (AvgIpc) is 2.26. The van der Waals surface area contributed by atoms with Crippen molar-refractivity contribution >= 4 is 0 Å². The molecular weight excluding hydrogens is 219 g/mol. The second kappa shape index (κ2) is 4.49. The summed E-state index contributed by atoms with van der Waals surface area (Å²) in [4.78, 5) is 18.3. The van der Waals surface area contributed by atoms with Gasteiger partial charge in [0.05, 0.1) is 0 Å². The Bertz CT molecular complexity index is 584. The molecule has 0 radical (unpaired) electrons. The lowest BCUT2D eigenvalue weighted by Crippen LogP contribution is -2.10. The van der Waals surface area contributed by atoms with Crippen molar-refractivity contribution in [1.29, 1.82) is 0 Å². The lowest BCUT2D eigenvalue weighted by molar-refractivity contribution is 0.627. The molecule has 0 saturated carbocycles. The first kappa shape index (κ1) is 11.5. The van der Waals surface area contributed by atoms with E-state index >= 15 is 0 Å². The van der Waals surface area contributed by atoms with Gasteiger partial charge in [0.25, 0.3) is 5.56 Å². The third kappa shape index (κ3) is 2.58. The number of aryl methyl sites for hydroxylation is 2. The van der Waals surface area contributed by atoms with E-state index in [0.717, 1.165) is 5.56 Å². The Balaban J connectivity index is 2.59. The molecule has 0 fully saturated rings. The molecule has 17 heavy (non-hydrogen) atoms. The summed E-state index contributed by atoms with van der Waals surface area (Å²) in [7, 11) is 0. The van der Waals surface area contributed by atoms with Gasteiger partial charge in [0, 0.05) is 17.3 Å². The van der Waals surface area contributed by atoms with Gasteiger partial charge in [-0.25, -0.2) is 9.37 Å². The predicted molar refractivity (Wildman–Crippen MR) is 64.4 cm³/mol. The summed E-state index contributed by atoms with van der Waals surface area (Å²) in [5.41, 5.74) is 1.87. The van der Waals surface area contributed by atoms with Gasteiger partial charge < -0.3 is 4.98 Å². The number of nitrogens with zero attached hydrogens (tertiary/aromatic N) is 1. The van der Waals surface area contributed by atoms with Crippen LogP contribution in [0.2, 0.25) is 0 Å². The zero-order valence-corrected chi connectivity index (χ0v) is 9.75. The Kier molecular flexibility index (Phi) is 3.04. The number of aromatic amines is 1. The number of hydrogen-bond acceptors (Lipinski definition) is 2. The van der Waals surface area contributed by atoms with Crippen molar-refractivity contribution in [1.82, 2.24) is 9.97 Å². The number of benzene rings is 1. The first-order valence-corrected chi connectivity index (χ1v) is 5.46. The molecule has 0 aliphatic carbocycles. The van der Waals surface area contributed by atoms with Crippen LogP contribution in [-0.4, -0.2) is 9.97 Å². The first-order chi connectivity index (χ1) is 8.08.